The zero-order valence-electron chi connectivity index (χ0n) is 23.7. The molecule has 0 unspecified atom stereocenters. The van der Waals surface area contributed by atoms with E-state index in [-0.39, 0.29) is 12.7 Å². The van der Waals surface area contributed by atoms with Gasteiger partial charge < -0.3 is 29.2 Å². The third kappa shape index (κ3) is 6.21. The maximum atomic E-state index is 12.2. The van der Waals surface area contributed by atoms with E-state index in [9.17, 15) is 4.79 Å². The summed E-state index contributed by atoms with van der Waals surface area (Å²) in [4.78, 5) is 29.3. The average Bonchev–Trinajstić information content (AvgIpc) is 3.51. The van der Waals surface area contributed by atoms with Crippen LogP contribution < -0.4 is 24.3 Å². The molecule has 1 N–H and O–H groups in total. The molecule has 0 saturated carbocycles. The van der Waals surface area contributed by atoms with Gasteiger partial charge >= 0.3 is 0 Å². The van der Waals surface area contributed by atoms with Gasteiger partial charge in [0.2, 0.25) is 12.7 Å². The molecule has 6 rings (SSSR count). The van der Waals surface area contributed by atoms with Crippen LogP contribution in [0.4, 0.5) is 11.5 Å². The van der Waals surface area contributed by atoms with Gasteiger partial charge in [-0.3, -0.25) is 9.69 Å². The quantitative estimate of drug-likeness (QED) is 0.234. The van der Waals surface area contributed by atoms with Gasteiger partial charge in [-0.05, 0) is 43.7 Å². The number of likely N-dealkylation sites (N-methyl/N-ethyl adjacent to an activating group) is 1. The first-order valence-corrected chi connectivity index (χ1v) is 14.1. The number of methoxy groups -OCH3 is 1. The number of nitrogens with one attached hydrogen (secondary N) is 1. The summed E-state index contributed by atoms with van der Waals surface area (Å²) in [6.45, 7) is 3.15. The van der Waals surface area contributed by atoms with Gasteiger partial charge in [-0.1, -0.05) is 23.6 Å². The number of rotatable bonds is 8. The highest BCUT2D eigenvalue weighted by Gasteiger charge is 2.26. The molecule has 43 heavy (non-hydrogen) atoms. The fourth-order valence-corrected chi connectivity index (χ4v) is 5.11. The Kier molecular flexibility index (Phi) is 8.31. The smallest absolute Gasteiger partial charge is 0.236 e. The lowest BCUT2D eigenvalue weighted by atomic mass is 10.1. The summed E-state index contributed by atoms with van der Waals surface area (Å²) in [7, 11) is 3.53. The minimum Gasteiger partial charge on any atom is -0.493 e. The molecule has 0 radical (unpaired) electrons. The predicted octanol–water partition coefficient (Wildman–Crippen LogP) is 4.10. The summed E-state index contributed by atoms with van der Waals surface area (Å²) in [6.07, 6.45) is 3.84. The monoisotopic (exact) mass is 600 g/mol. The summed E-state index contributed by atoms with van der Waals surface area (Å²) in [5.41, 5.74) is 2.35. The summed E-state index contributed by atoms with van der Waals surface area (Å²) in [5.74, 6) is 8.75. The SMILES string of the molecule is COc1cc2c(Nc3c(Cl)cc(C#Cc4ccccn4)c4c3OCO4)ncnc2cc1OCCCN1CCN(C)CC1=O. The standard InChI is InChI=1S/C31H29ClN6O5/c1-37-11-12-38(27(39)17-37)10-5-13-41-26-16-24-22(15-25(26)40-2)31(35-18-34-24)36-28-23(32)14-20(29-30(28)43-19-42-29)7-8-21-6-3-4-9-33-21/h3-4,6,9,14-16,18H,5,10-13,17,19H2,1-2H3,(H,34,35,36). The van der Waals surface area contributed by atoms with Crippen molar-refractivity contribution in [2.45, 2.75) is 6.42 Å². The molecule has 0 spiro atoms. The van der Waals surface area contributed by atoms with Crippen LogP contribution in [0.5, 0.6) is 23.0 Å². The fourth-order valence-electron chi connectivity index (χ4n) is 4.87. The first-order chi connectivity index (χ1) is 21.0. The molecule has 1 fully saturated rings. The lowest BCUT2D eigenvalue weighted by Crippen LogP contribution is -2.49. The van der Waals surface area contributed by atoms with Gasteiger partial charge in [0.25, 0.3) is 0 Å². The van der Waals surface area contributed by atoms with Crippen molar-refractivity contribution in [2.75, 3.05) is 59.1 Å². The molecule has 2 aromatic carbocycles. The van der Waals surface area contributed by atoms with E-state index in [0.717, 1.165) is 13.1 Å². The zero-order chi connectivity index (χ0) is 29.8. The Hall–Kier alpha value is -4.79. The third-order valence-electron chi connectivity index (χ3n) is 7.09. The van der Waals surface area contributed by atoms with Crippen LogP contribution in [0.25, 0.3) is 10.9 Å². The van der Waals surface area contributed by atoms with Crippen molar-refractivity contribution in [3.63, 3.8) is 0 Å². The first-order valence-electron chi connectivity index (χ1n) is 13.7. The van der Waals surface area contributed by atoms with Crippen molar-refractivity contribution in [3.05, 3.63) is 65.2 Å². The third-order valence-corrected chi connectivity index (χ3v) is 7.39. The van der Waals surface area contributed by atoms with Crippen molar-refractivity contribution in [1.29, 1.82) is 0 Å². The second-order valence-electron chi connectivity index (χ2n) is 10.00. The van der Waals surface area contributed by atoms with Crippen LogP contribution in [0.1, 0.15) is 17.7 Å². The lowest BCUT2D eigenvalue weighted by molar-refractivity contribution is -0.135. The van der Waals surface area contributed by atoms with Gasteiger partial charge in [-0.15, -0.1) is 0 Å². The van der Waals surface area contributed by atoms with Crippen LogP contribution >= 0.6 is 11.6 Å². The highest BCUT2D eigenvalue weighted by Crippen LogP contribution is 2.47. The Bertz CT molecular complexity index is 1730. The second kappa shape index (κ2) is 12.6. The minimum atomic E-state index is 0.0324. The molecule has 12 heteroatoms. The van der Waals surface area contributed by atoms with Gasteiger partial charge in [0, 0.05) is 37.3 Å². The van der Waals surface area contributed by atoms with Crippen LogP contribution in [0, 0.1) is 11.8 Å². The summed E-state index contributed by atoms with van der Waals surface area (Å²) < 4.78 is 23.2. The van der Waals surface area contributed by atoms with E-state index in [4.69, 9.17) is 30.5 Å². The zero-order valence-corrected chi connectivity index (χ0v) is 24.5. The van der Waals surface area contributed by atoms with Crippen LogP contribution in [0.15, 0.2) is 48.9 Å². The lowest BCUT2D eigenvalue weighted by Gasteiger charge is -2.32. The first kappa shape index (κ1) is 28.3. The number of ether oxygens (including phenoxy) is 4. The molecule has 1 saturated heterocycles. The number of benzene rings is 2. The van der Waals surface area contributed by atoms with Gasteiger partial charge in [-0.25, -0.2) is 15.0 Å². The number of fused-ring (bicyclic) bond motifs is 2. The van der Waals surface area contributed by atoms with Gasteiger partial charge in [0.15, 0.2) is 23.0 Å². The Balaban J connectivity index is 1.21. The van der Waals surface area contributed by atoms with Crippen molar-refractivity contribution >= 4 is 39.9 Å². The van der Waals surface area contributed by atoms with Crippen molar-refractivity contribution in [3.8, 4) is 34.8 Å². The molecule has 4 aromatic rings. The summed E-state index contributed by atoms with van der Waals surface area (Å²) in [5, 5.41) is 4.37. The van der Waals surface area contributed by atoms with E-state index < -0.39 is 0 Å². The van der Waals surface area contributed by atoms with E-state index in [1.807, 2.05) is 47.2 Å². The molecule has 2 aliphatic rings. The molecule has 0 aliphatic carbocycles. The van der Waals surface area contributed by atoms with Gasteiger partial charge in [-0.2, -0.15) is 0 Å². The number of amides is 1. The highest BCUT2D eigenvalue weighted by atomic mass is 35.5. The number of piperazine rings is 1. The molecule has 4 heterocycles. The normalized spacial score (nSPS) is 14.4. The Morgan fingerprint density at radius 1 is 1.07 bits per heavy atom. The summed E-state index contributed by atoms with van der Waals surface area (Å²) in [6, 6.07) is 10.9. The molecule has 0 atom stereocenters. The Morgan fingerprint density at radius 3 is 2.77 bits per heavy atom. The molecule has 11 nitrogen and oxygen atoms in total. The fraction of sp³-hybridized carbons (Fsp3) is 0.290. The number of hydrogen-bond donors (Lipinski definition) is 1. The Labute approximate surface area is 253 Å². The molecule has 2 aliphatic heterocycles. The number of pyridine rings is 1. The molecule has 0 bridgehead atoms. The number of hydrogen-bond acceptors (Lipinski definition) is 10. The van der Waals surface area contributed by atoms with Crippen molar-refractivity contribution < 1.29 is 23.7 Å². The van der Waals surface area contributed by atoms with E-state index in [1.54, 1.807) is 19.4 Å². The van der Waals surface area contributed by atoms with Gasteiger partial charge in [0.05, 0.1) is 36.4 Å². The number of nitrogens with zero attached hydrogens (tertiary/aromatic N) is 5. The highest BCUT2D eigenvalue weighted by molar-refractivity contribution is 6.34. The molecular weight excluding hydrogens is 572 g/mol. The van der Waals surface area contributed by atoms with Crippen molar-refractivity contribution in [2.24, 2.45) is 0 Å². The number of carbonyl (C=O) groups excluding carboxylic acids is 1. The maximum absolute atomic E-state index is 12.2. The minimum absolute atomic E-state index is 0.0324. The van der Waals surface area contributed by atoms with Crippen LogP contribution in [-0.2, 0) is 4.79 Å². The van der Waals surface area contributed by atoms with E-state index in [0.29, 0.717) is 87.8 Å². The largest absolute Gasteiger partial charge is 0.493 e. The number of carbonyl (C=O) groups is 1. The second-order valence-corrected chi connectivity index (χ2v) is 10.4. The van der Waals surface area contributed by atoms with E-state index in [1.165, 1.54) is 6.33 Å². The van der Waals surface area contributed by atoms with Gasteiger partial charge in [0.1, 0.15) is 23.5 Å². The predicted molar refractivity (Wildman–Crippen MR) is 161 cm³/mol. The van der Waals surface area contributed by atoms with Crippen LogP contribution in [0.2, 0.25) is 5.02 Å². The topological polar surface area (TPSA) is 111 Å². The van der Waals surface area contributed by atoms with Crippen LogP contribution in [0.3, 0.4) is 0 Å². The molecular formula is C31H29ClN6O5. The van der Waals surface area contributed by atoms with Crippen LogP contribution in [-0.4, -0.2) is 84.4 Å². The molecule has 1 amide bonds. The maximum Gasteiger partial charge on any atom is 0.236 e. The average molecular weight is 601 g/mol. The number of aromatic nitrogens is 3. The summed E-state index contributed by atoms with van der Waals surface area (Å²) >= 11 is 6.73. The Morgan fingerprint density at radius 2 is 1.95 bits per heavy atom. The number of anilines is 2. The van der Waals surface area contributed by atoms with Crippen molar-refractivity contribution in [1.82, 2.24) is 24.8 Å². The number of halogens is 1. The molecule has 220 valence electrons. The molecule has 2 aromatic heterocycles. The van der Waals surface area contributed by atoms with E-state index in [2.05, 4.69) is 32.1 Å². The van der Waals surface area contributed by atoms with E-state index >= 15 is 0 Å².